The Labute approximate surface area is 137 Å². The summed E-state index contributed by atoms with van der Waals surface area (Å²) in [6, 6.07) is 1.88. The van der Waals surface area contributed by atoms with Gasteiger partial charge in [0.15, 0.2) is 0 Å². The standard InChI is InChI=1S/C16H26N6O/c1-2-20-7-4-14(13-20)12-19-16(23)22-10-8-21(9-11-22)15-17-5-3-6-18-15/h3,5-6,14H,2,4,7-13H2,1H3,(H,19,23). The molecule has 2 saturated heterocycles. The van der Waals surface area contributed by atoms with Crippen molar-refractivity contribution in [3.8, 4) is 0 Å². The van der Waals surface area contributed by atoms with Gasteiger partial charge in [-0.05, 0) is 31.5 Å². The molecule has 2 fully saturated rings. The highest BCUT2D eigenvalue weighted by atomic mass is 16.2. The van der Waals surface area contributed by atoms with Gasteiger partial charge in [-0.3, -0.25) is 0 Å². The number of aromatic nitrogens is 2. The lowest BCUT2D eigenvalue weighted by molar-refractivity contribution is 0.192. The summed E-state index contributed by atoms with van der Waals surface area (Å²) in [5, 5.41) is 3.10. The van der Waals surface area contributed by atoms with E-state index in [0.29, 0.717) is 5.92 Å². The van der Waals surface area contributed by atoms with Gasteiger partial charge in [0.2, 0.25) is 5.95 Å². The molecular formula is C16H26N6O. The second-order valence-corrected chi connectivity index (χ2v) is 6.26. The quantitative estimate of drug-likeness (QED) is 0.883. The topological polar surface area (TPSA) is 64.6 Å². The highest BCUT2D eigenvalue weighted by Gasteiger charge is 2.25. The molecule has 0 aliphatic carbocycles. The predicted molar refractivity (Wildman–Crippen MR) is 89.4 cm³/mol. The Kier molecular flexibility index (Phi) is 5.27. The average molecular weight is 318 g/mol. The zero-order valence-corrected chi connectivity index (χ0v) is 13.8. The Morgan fingerprint density at radius 3 is 2.61 bits per heavy atom. The summed E-state index contributed by atoms with van der Waals surface area (Å²) in [6.45, 7) is 9.35. The van der Waals surface area contributed by atoms with E-state index in [1.54, 1.807) is 12.4 Å². The number of hydrogen-bond acceptors (Lipinski definition) is 5. The van der Waals surface area contributed by atoms with Crippen LogP contribution >= 0.6 is 0 Å². The smallest absolute Gasteiger partial charge is 0.317 e. The van der Waals surface area contributed by atoms with Crippen molar-refractivity contribution in [2.75, 3.05) is 57.3 Å². The van der Waals surface area contributed by atoms with Gasteiger partial charge in [0.05, 0.1) is 0 Å². The van der Waals surface area contributed by atoms with Gasteiger partial charge in [-0.2, -0.15) is 0 Å². The van der Waals surface area contributed by atoms with Crippen LogP contribution in [0, 0.1) is 5.92 Å². The molecule has 1 aromatic rings. The minimum Gasteiger partial charge on any atom is -0.338 e. The fourth-order valence-corrected chi connectivity index (χ4v) is 3.27. The van der Waals surface area contributed by atoms with Crippen LogP contribution in [0.25, 0.3) is 0 Å². The first-order valence-corrected chi connectivity index (χ1v) is 8.53. The molecule has 2 aliphatic rings. The lowest BCUT2D eigenvalue weighted by Crippen LogP contribution is -2.52. The van der Waals surface area contributed by atoms with Crippen molar-refractivity contribution < 1.29 is 4.79 Å². The molecule has 1 N–H and O–H groups in total. The monoisotopic (exact) mass is 318 g/mol. The van der Waals surface area contributed by atoms with Crippen molar-refractivity contribution in [3.05, 3.63) is 18.5 Å². The number of nitrogens with one attached hydrogen (secondary N) is 1. The lowest BCUT2D eigenvalue weighted by atomic mass is 10.1. The fraction of sp³-hybridized carbons (Fsp3) is 0.688. The summed E-state index contributed by atoms with van der Waals surface area (Å²) < 4.78 is 0. The van der Waals surface area contributed by atoms with Crippen molar-refractivity contribution >= 4 is 12.0 Å². The number of carbonyl (C=O) groups is 1. The number of likely N-dealkylation sites (tertiary alicyclic amines) is 1. The molecule has 1 unspecified atom stereocenters. The summed E-state index contributed by atoms with van der Waals surface area (Å²) in [5.41, 5.74) is 0. The number of piperazine rings is 1. The Morgan fingerprint density at radius 2 is 1.96 bits per heavy atom. The third-order valence-electron chi connectivity index (χ3n) is 4.76. The van der Waals surface area contributed by atoms with E-state index in [1.807, 2.05) is 11.0 Å². The minimum atomic E-state index is 0.0635. The van der Waals surface area contributed by atoms with Crippen LogP contribution in [0.1, 0.15) is 13.3 Å². The van der Waals surface area contributed by atoms with Crippen molar-refractivity contribution in [2.45, 2.75) is 13.3 Å². The van der Waals surface area contributed by atoms with E-state index in [1.165, 1.54) is 6.42 Å². The molecule has 2 amide bonds. The van der Waals surface area contributed by atoms with Crippen LogP contribution < -0.4 is 10.2 Å². The SMILES string of the molecule is CCN1CCC(CNC(=O)N2CCN(c3ncccn3)CC2)C1. The number of amides is 2. The summed E-state index contributed by atoms with van der Waals surface area (Å²) in [7, 11) is 0. The molecule has 3 heterocycles. The van der Waals surface area contributed by atoms with E-state index in [9.17, 15) is 4.79 Å². The normalized spacial score (nSPS) is 22.4. The van der Waals surface area contributed by atoms with Crippen molar-refractivity contribution in [3.63, 3.8) is 0 Å². The van der Waals surface area contributed by atoms with Gasteiger partial charge in [0, 0.05) is 51.7 Å². The van der Waals surface area contributed by atoms with Crippen LogP contribution in [-0.4, -0.2) is 78.2 Å². The van der Waals surface area contributed by atoms with Gasteiger partial charge in [-0.25, -0.2) is 14.8 Å². The van der Waals surface area contributed by atoms with Crippen LogP contribution in [0.5, 0.6) is 0 Å². The lowest BCUT2D eigenvalue weighted by Gasteiger charge is -2.34. The van der Waals surface area contributed by atoms with E-state index in [2.05, 4.69) is 32.0 Å². The highest BCUT2D eigenvalue weighted by molar-refractivity contribution is 5.74. The summed E-state index contributed by atoms with van der Waals surface area (Å²) in [6.07, 6.45) is 4.69. The van der Waals surface area contributed by atoms with Gasteiger partial charge in [-0.15, -0.1) is 0 Å². The van der Waals surface area contributed by atoms with Crippen LogP contribution in [0.3, 0.4) is 0 Å². The number of hydrogen-bond donors (Lipinski definition) is 1. The maximum atomic E-state index is 12.3. The Hall–Kier alpha value is -1.89. The number of urea groups is 1. The minimum absolute atomic E-state index is 0.0635. The number of anilines is 1. The van der Waals surface area contributed by atoms with E-state index >= 15 is 0 Å². The zero-order chi connectivity index (χ0) is 16.1. The molecule has 0 radical (unpaired) electrons. The zero-order valence-electron chi connectivity index (χ0n) is 13.8. The largest absolute Gasteiger partial charge is 0.338 e. The van der Waals surface area contributed by atoms with Crippen LogP contribution in [0.15, 0.2) is 18.5 Å². The second-order valence-electron chi connectivity index (χ2n) is 6.26. The predicted octanol–water partition coefficient (Wildman–Crippen LogP) is 0.650. The average Bonchev–Trinajstić information content (AvgIpc) is 3.09. The Morgan fingerprint density at radius 1 is 1.22 bits per heavy atom. The first-order chi connectivity index (χ1) is 11.3. The third kappa shape index (κ3) is 4.10. The van der Waals surface area contributed by atoms with E-state index < -0.39 is 0 Å². The first kappa shape index (κ1) is 16.0. The van der Waals surface area contributed by atoms with Crippen molar-refractivity contribution in [2.24, 2.45) is 5.92 Å². The molecular weight excluding hydrogens is 292 g/mol. The van der Waals surface area contributed by atoms with Crippen LogP contribution in [0.4, 0.5) is 10.7 Å². The molecule has 0 saturated carbocycles. The number of rotatable bonds is 4. The Balaban J connectivity index is 1.40. The van der Waals surface area contributed by atoms with Gasteiger partial charge >= 0.3 is 6.03 Å². The Bertz CT molecular complexity index is 503. The molecule has 0 aromatic carbocycles. The van der Waals surface area contributed by atoms with Crippen molar-refractivity contribution in [1.29, 1.82) is 0 Å². The van der Waals surface area contributed by atoms with Crippen LogP contribution in [-0.2, 0) is 0 Å². The third-order valence-corrected chi connectivity index (χ3v) is 4.76. The molecule has 1 aromatic heterocycles. The number of carbonyl (C=O) groups excluding carboxylic acids is 1. The second kappa shape index (κ2) is 7.59. The molecule has 3 rings (SSSR count). The van der Waals surface area contributed by atoms with E-state index in [-0.39, 0.29) is 6.03 Å². The first-order valence-electron chi connectivity index (χ1n) is 8.53. The van der Waals surface area contributed by atoms with Gasteiger partial charge in [-0.1, -0.05) is 6.92 Å². The molecule has 7 nitrogen and oxygen atoms in total. The summed E-state index contributed by atoms with van der Waals surface area (Å²) in [4.78, 5) is 27.3. The molecule has 7 heteroatoms. The summed E-state index contributed by atoms with van der Waals surface area (Å²) >= 11 is 0. The fourth-order valence-electron chi connectivity index (χ4n) is 3.27. The van der Waals surface area contributed by atoms with Gasteiger partial charge < -0.3 is 20.0 Å². The summed E-state index contributed by atoms with van der Waals surface area (Å²) in [5.74, 6) is 1.34. The molecule has 23 heavy (non-hydrogen) atoms. The van der Waals surface area contributed by atoms with Gasteiger partial charge in [0.1, 0.15) is 0 Å². The molecule has 126 valence electrons. The van der Waals surface area contributed by atoms with E-state index in [0.717, 1.165) is 58.3 Å². The van der Waals surface area contributed by atoms with Crippen LogP contribution in [0.2, 0.25) is 0 Å². The van der Waals surface area contributed by atoms with Gasteiger partial charge in [0.25, 0.3) is 0 Å². The molecule has 1 atom stereocenters. The van der Waals surface area contributed by atoms with E-state index in [4.69, 9.17) is 0 Å². The molecule has 0 spiro atoms. The highest BCUT2D eigenvalue weighted by Crippen LogP contribution is 2.15. The molecule has 0 bridgehead atoms. The van der Waals surface area contributed by atoms with Crippen molar-refractivity contribution in [1.82, 2.24) is 25.1 Å². The maximum Gasteiger partial charge on any atom is 0.317 e. The number of nitrogens with zero attached hydrogens (tertiary/aromatic N) is 5. The molecule has 2 aliphatic heterocycles. The maximum absolute atomic E-state index is 12.3.